The summed E-state index contributed by atoms with van der Waals surface area (Å²) in [6, 6.07) is 13.3. The number of amides is 2. The van der Waals surface area contributed by atoms with Crippen molar-refractivity contribution in [2.75, 3.05) is 0 Å². The van der Waals surface area contributed by atoms with Gasteiger partial charge in [-0.1, -0.05) is 44.2 Å². The molecule has 4 nitrogen and oxygen atoms in total. The fourth-order valence-electron chi connectivity index (χ4n) is 2.32. The van der Waals surface area contributed by atoms with Crippen LogP contribution in [0.15, 0.2) is 48.5 Å². The SMILES string of the molecule is CC(C)Cc1ccc(C(=O)NNC(=O)Cc2ccccc2F)cc1. The first-order chi connectivity index (χ1) is 11.5. The minimum Gasteiger partial charge on any atom is -0.273 e. The van der Waals surface area contributed by atoms with Crippen LogP contribution < -0.4 is 10.9 Å². The fourth-order valence-corrected chi connectivity index (χ4v) is 2.32. The average molecular weight is 328 g/mol. The van der Waals surface area contributed by atoms with Crippen LogP contribution in [-0.4, -0.2) is 11.8 Å². The predicted molar refractivity (Wildman–Crippen MR) is 90.7 cm³/mol. The van der Waals surface area contributed by atoms with Crippen LogP contribution in [0.1, 0.15) is 35.3 Å². The van der Waals surface area contributed by atoms with Crippen molar-refractivity contribution in [3.05, 3.63) is 71.0 Å². The smallest absolute Gasteiger partial charge is 0.269 e. The van der Waals surface area contributed by atoms with Crippen LogP contribution in [0, 0.1) is 11.7 Å². The molecular formula is C19H21FN2O2. The molecule has 24 heavy (non-hydrogen) atoms. The topological polar surface area (TPSA) is 58.2 Å². The zero-order valence-corrected chi connectivity index (χ0v) is 13.8. The van der Waals surface area contributed by atoms with E-state index in [9.17, 15) is 14.0 Å². The van der Waals surface area contributed by atoms with Gasteiger partial charge in [-0.3, -0.25) is 20.4 Å². The Morgan fingerprint density at radius 2 is 1.67 bits per heavy atom. The zero-order valence-electron chi connectivity index (χ0n) is 13.8. The molecule has 0 aliphatic heterocycles. The maximum absolute atomic E-state index is 13.5. The molecule has 0 aromatic heterocycles. The Labute approximate surface area is 141 Å². The lowest BCUT2D eigenvalue weighted by Gasteiger charge is -2.09. The molecule has 0 aliphatic rings. The Bertz CT molecular complexity index is 712. The van der Waals surface area contributed by atoms with E-state index in [1.54, 1.807) is 24.3 Å². The lowest BCUT2D eigenvalue weighted by atomic mass is 10.0. The van der Waals surface area contributed by atoms with Gasteiger partial charge in [0.2, 0.25) is 5.91 Å². The van der Waals surface area contributed by atoms with Crippen molar-refractivity contribution >= 4 is 11.8 Å². The van der Waals surface area contributed by atoms with Crippen molar-refractivity contribution in [1.82, 2.24) is 10.9 Å². The number of carbonyl (C=O) groups is 2. The van der Waals surface area contributed by atoms with Gasteiger partial charge in [-0.2, -0.15) is 0 Å². The van der Waals surface area contributed by atoms with Gasteiger partial charge >= 0.3 is 0 Å². The van der Waals surface area contributed by atoms with Gasteiger partial charge in [-0.05, 0) is 41.7 Å². The van der Waals surface area contributed by atoms with Crippen LogP contribution >= 0.6 is 0 Å². The Hall–Kier alpha value is -2.69. The summed E-state index contributed by atoms with van der Waals surface area (Å²) in [6.45, 7) is 4.26. The van der Waals surface area contributed by atoms with Crippen LogP contribution in [-0.2, 0) is 17.6 Å². The molecular weight excluding hydrogens is 307 g/mol. The van der Waals surface area contributed by atoms with E-state index in [4.69, 9.17) is 0 Å². The number of nitrogens with one attached hydrogen (secondary N) is 2. The Kier molecular flexibility index (Phi) is 6.07. The minimum absolute atomic E-state index is 0.139. The molecule has 126 valence electrons. The first kappa shape index (κ1) is 17.7. The number of hydrogen-bond acceptors (Lipinski definition) is 2. The molecule has 2 rings (SSSR count). The number of hydrogen-bond donors (Lipinski definition) is 2. The summed E-state index contributed by atoms with van der Waals surface area (Å²) < 4.78 is 13.5. The molecule has 0 bridgehead atoms. The monoisotopic (exact) mass is 328 g/mol. The average Bonchev–Trinajstić information content (AvgIpc) is 2.55. The molecule has 5 heteroatoms. The molecule has 0 saturated carbocycles. The maximum atomic E-state index is 13.5. The highest BCUT2D eigenvalue weighted by atomic mass is 19.1. The van der Waals surface area contributed by atoms with Gasteiger partial charge in [0, 0.05) is 5.56 Å². The summed E-state index contributed by atoms with van der Waals surface area (Å²) in [6.07, 6.45) is 0.807. The predicted octanol–water partition coefficient (Wildman–Crippen LogP) is 3.03. The van der Waals surface area contributed by atoms with Gasteiger partial charge in [-0.25, -0.2) is 4.39 Å². The molecule has 2 amide bonds. The summed E-state index contributed by atoms with van der Waals surface area (Å²) in [5, 5.41) is 0. The third-order valence-electron chi connectivity index (χ3n) is 3.48. The van der Waals surface area contributed by atoms with Crippen molar-refractivity contribution in [3.63, 3.8) is 0 Å². The standard InChI is InChI=1S/C19H21FN2O2/c1-13(2)11-14-7-9-15(10-8-14)19(24)22-21-18(23)12-16-5-3-4-6-17(16)20/h3-10,13H,11-12H2,1-2H3,(H,21,23)(H,22,24). The normalized spacial score (nSPS) is 10.5. The van der Waals surface area contributed by atoms with E-state index in [-0.39, 0.29) is 12.0 Å². The van der Waals surface area contributed by atoms with E-state index in [1.807, 2.05) is 12.1 Å². The largest absolute Gasteiger partial charge is 0.273 e. The van der Waals surface area contributed by atoms with E-state index in [0.29, 0.717) is 11.5 Å². The van der Waals surface area contributed by atoms with E-state index in [1.165, 1.54) is 12.1 Å². The summed E-state index contributed by atoms with van der Waals surface area (Å²) in [7, 11) is 0. The summed E-state index contributed by atoms with van der Waals surface area (Å²) in [5.41, 5.74) is 6.53. The molecule has 0 radical (unpaired) electrons. The van der Waals surface area contributed by atoms with Gasteiger partial charge in [0.1, 0.15) is 5.82 Å². The zero-order chi connectivity index (χ0) is 17.5. The fraction of sp³-hybridized carbons (Fsp3) is 0.263. The molecule has 0 atom stereocenters. The minimum atomic E-state index is -0.482. The van der Waals surface area contributed by atoms with Crippen molar-refractivity contribution in [3.8, 4) is 0 Å². The summed E-state index contributed by atoms with van der Waals surface area (Å²) in [5.74, 6) is -0.792. The quantitative estimate of drug-likeness (QED) is 0.829. The molecule has 2 N–H and O–H groups in total. The number of rotatable bonds is 5. The molecule has 0 heterocycles. The first-order valence-electron chi connectivity index (χ1n) is 7.87. The van der Waals surface area contributed by atoms with Crippen molar-refractivity contribution < 1.29 is 14.0 Å². The highest BCUT2D eigenvalue weighted by molar-refractivity contribution is 5.95. The van der Waals surface area contributed by atoms with Gasteiger partial charge < -0.3 is 0 Å². The van der Waals surface area contributed by atoms with Crippen LogP contribution in [0.2, 0.25) is 0 Å². The van der Waals surface area contributed by atoms with Gasteiger partial charge in [0.15, 0.2) is 0 Å². The highest BCUT2D eigenvalue weighted by Crippen LogP contribution is 2.10. The number of halogens is 1. The van der Waals surface area contributed by atoms with E-state index >= 15 is 0 Å². The van der Waals surface area contributed by atoms with Gasteiger partial charge in [0.25, 0.3) is 5.91 Å². The van der Waals surface area contributed by atoms with Crippen molar-refractivity contribution in [2.45, 2.75) is 26.7 Å². The molecule has 0 fully saturated rings. The molecule has 2 aromatic carbocycles. The second-order valence-electron chi connectivity index (χ2n) is 6.07. The Morgan fingerprint density at radius 1 is 1.00 bits per heavy atom. The van der Waals surface area contributed by atoms with E-state index in [0.717, 1.165) is 12.0 Å². The van der Waals surface area contributed by atoms with Crippen LogP contribution in [0.5, 0.6) is 0 Å². The van der Waals surface area contributed by atoms with Crippen LogP contribution in [0.4, 0.5) is 4.39 Å². The second-order valence-corrected chi connectivity index (χ2v) is 6.07. The molecule has 0 saturated heterocycles. The molecule has 0 spiro atoms. The van der Waals surface area contributed by atoms with E-state index in [2.05, 4.69) is 24.7 Å². The molecule has 0 aliphatic carbocycles. The third kappa shape index (κ3) is 5.19. The lowest BCUT2D eigenvalue weighted by Crippen LogP contribution is -2.42. The molecule has 0 unspecified atom stereocenters. The van der Waals surface area contributed by atoms with Gasteiger partial charge in [0.05, 0.1) is 6.42 Å². The van der Waals surface area contributed by atoms with Crippen LogP contribution in [0.3, 0.4) is 0 Å². The van der Waals surface area contributed by atoms with Crippen LogP contribution in [0.25, 0.3) is 0 Å². The molecule has 2 aromatic rings. The number of benzene rings is 2. The van der Waals surface area contributed by atoms with Gasteiger partial charge in [-0.15, -0.1) is 0 Å². The second kappa shape index (κ2) is 8.24. The van der Waals surface area contributed by atoms with Crippen molar-refractivity contribution in [2.24, 2.45) is 5.92 Å². The highest BCUT2D eigenvalue weighted by Gasteiger charge is 2.10. The number of hydrazine groups is 1. The third-order valence-corrected chi connectivity index (χ3v) is 3.48. The maximum Gasteiger partial charge on any atom is 0.269 e. The lowest BCUT2D eigenvalue weighted by molar-refractivity contribution is -0.121. The first-order valence-corrected chi connectivity index (χ1v) is 7.87. The Balaban J connectivity index is 1.86. The summed E-state index contributed by atoms with van der Waals surface area (Å²) >= 11 is 0. The number of carbonyl (C=O) groups excluding carboxylic acids is 2. The van der Waals surface area contributed by atoms with E-state index < -0.39 is 17.6 Å². The summed E-state index contributed by atoms with van der Waals surface area (Å²) in [4.78, 5) is 23.8. The van der Waals surface area contributed by atoms with Crippen molar-refractivity contribution in [1.29, 1.82) is 0 Å². The Morgan fingerprint density at radius 3 is 2.29 bits per heavy atom.